The van der Waals surface area contributed by atoms with Crippen LogP contribution in [0, 0.1) is 0 Å². The van der Waals surface area contributed by atoms with E-state index in [0.29, 0.717) is 18.1 Å². The topological polar surface area (TPSA) is 76.0 Å². The smallest absolute Gasteiger partial charge is 0.335 e. The molecule has 0 aliphatic carbocycles. The van der Waals surface area contributed by atoms with E-state index in [1.165, 1.54) is 19.2 Å². The third kappa shape index (κ3) is 3.73. The van der Waals surface area contributed by atoms with Crippen molar-refractivity contribution in [2.24, 2.45) is 0 Å². The van der Waals surface area contributed by atoms with Gasteiger partial charge in [0.05, 0.1) is 19.3 Å². The normalized spacial score (nSPS) is 10.2. The van der Waals surface area contributed by atoms with Crippen molar-refractivity contribution in [3.63, 3.8) is 0 Å². The summed E-state index contributed by atoms with van der Waals surface area (Å²) in [7, 11) is 1.53. The van der Waals surface area contributed by atoms with Crippen LogP contribution in [-0.4, -0.2) is 23.3 Å². The van der Waals surface area contributed by atoms with Crippen molar-refractivity contribution in [3.05, 3.63) is 59.2 Å². The number of carboxylic acids is 1. The third-order valence-electron chi connectivity index (χ3n) is 3.01. The molecule has 2 aromatic rings. The molecule has 0 heterocycles. The molecular weight excluding hydrogens is 272 g/mol. The second-order valence-electron chi connectivity index (χ2n) is 4.43. The number of hydrogen-bond donors (Lipinski definition) is 2. The lowest BCUT2D eigenvalue weighted by Crippen LogP contribution is -2.00. The maximum atomic E-state index is 10.8. The van der Waals surface area contributed by atoms with Gasteiger partial charge in [-0.05, 0) is 35.4 Å². The Morgan fingerprint density at radius 3 is 2.29 bits per heavy atom. The number of methoxy groups -OCH3 is 1. The second-order valence-corrected chi connectivity index (χ2v) is 4.43. The maximum Gasteiger partial charge on any atom is 0.335 e. The van der Waals surface area contributed by atoms with E-state index in [1.807, 2.05) is 0 Å². The molecule has 110 valence electrons. The first-order chi connectivity index (χ1) is 10.1. The van der Waals surface area contributed by atoms with Crippen LogP contribution >= 0.6 is 0 Å². The molecule has 0 spiro atoms. The standard InChI is InChI=1S/C16H16O5/c1-20-15-8-12(9-17)4-7-14(15)21-10-11-2-5-13(6-3-11)16(18)19/h2-8,17H,9-10H2,1H3,(H,18,19). The van der Waals surface area contributed by atoms with Crippen LogP contribution in [0.3, 0.4) is 0 Å². The molecule has 21 heavy (non-hydrogen) atoms. The number of aromatic carboxylic acids is 1. The van der Waals surface area contributed by atoms with E-state index < -0.39 is 5.97 Å². The molecule has 0 aliphatic rings. The van der Waals surface area contributed by atoms with E-state index in [4.69, 9.17) is 19.7 Å². The molecule has 0 fully saturated rings. The van der Waals surface area contributed by atoms with Crippen LogP contribution in [0.2, 0.25) is 0 Å². The van der Waals surface area contributed by atoms with E-state index in [1.54, 1.807) is 30.3 Å². The fourth-order valence-electron chi connectivity index (χ4n) is 1.83. The first-order valence-corrected chi connectivity index (χ1v) is 6.37. The van der Waals surface area contributed by atoms with Crippen molar-refractivity contribution in [1.82, 2.24) is 0 Å². The van der Waals surface area contributed by atoms with Gasteiger partial charge in [-0.3, -0.25) is 0 Å². The van der Waals surface area contributed by atoms with E-state index >= 15 is 0 Å². The van der Waals surface area contributed by atoms with Gasteiger partial charge >= 0.3 is 5.97 Å². The Morgan fingerprint density at radius 1 is 1.05 bits per heavy atom. The summed E-state index contributed by atoms with van der Waals surface area (Å²) in [6, 6.07) is 11.7. The summed E-state index contributed by atoms with van der Waals surface area (Å²) < 4.78 is 10.9. The summed E-state index contributed by atoms with van der Waals surface area (Å²) in [6.45, 7) is 0.238. The lowest BCUT2D eigenvalue weighted by molar-refractivity contribution is 0.0697. The maximum absolute atomic E-state index is 10.8. The highest BCUT2D eigenvalue weighted by molar-refractivity contribution is 5.87. The van der Waals surface area contributed by atoms with Crippen molar-refractivity contribution in [2.45, 2.75) is 13.2 Å². The summed E-state index contributed by atoms with van der Waals surface area (Å²) in [4.78, 5) is 10.8. The van der Waals surface area contributed by atoms with Crippen molar-refractivity contribution in [3.8, 4) is 11.5 Å². The summed E-state index contributed by atoms with van der Waals surface area (Å²) in [5, 5.41) is 17.9. The average molecular weight is 288 g/mol. The minimum absolute atomic E-state index is 0.0622. The largest absolute Gasteiger partial charge is 0.493 e. The van der Waals surface area contributed by atoms with Crippen molar-refractivity contribution < 1.29 is 24.5 Å². The second kappa shape index (κ2) is 6.76. The monoisotopic (exact) mass is 288 g/mol. The minimum Gasteiger partial charge on any atom is -0.493 e. The van der Waals surface area contributed by atoms with Gasteiger partial charge in [0.15, 0.2) is 11.5 Å². The van der Waals surface area contributed by atoms with Crippen molar-refractivity contribution in [2.75, 3.05) is 7.11 Å². The van der Waals surface area contributed by atoms with Crippen LogP contribution in [0.4, 0.5) is 0 Å². The molecule has 2 rings (SSSR count). The predicted molar refractivity (Wildman–Crippen MR) is 76.7 cm³/mol. The van der Waals surface area contributed by atoms with Crippen molar-refractivity contribution >= 4 is 5.97 Å². The number of carboxylic acid groups (broad SMARTS) is 1. The number of aliphatic hydroxyl groups excluding tert-OH is 1. The van der Waals surface area contributed by atoms with Crippen LogP contribution in [-0.2, 0) is 13.2 Å². The first-order valence-electron chi connectivity index (χ1n) is 6.37. The number of aliphatic hydroxyl groups is 1. The molecule has 0 unspecified atom stereocenters. The molecule has 0 bridgehead atoms. The highest BCUT2D eigenvalue weighted by Crippen LogP contribution is 2.28. The number of hydrogen-bond acceptors (Lipinski definition) is 4. The number of carbonyl (C=O) groups is 1. The molecule has 0 amide bonds. The molecular formula is C16H16O5. The molecule has 2 N–H and O–H groups in total. The zero-order valence-electron chi connectivity index (χ0n) is 11.6. The Hall–Kier alpha value is -2.53. The van der Waals surface area contributed by atoms with E-state index in [-0.39, 0.29) is 12.2 Å². The van der Waals surface area contributed by atoms with Gasteiger partial charge in [0.1, 0.15) is 6.61 Å². The summed E-state index contributed by atoms with van der Waals surface area (Å²) in [6.07, 6.45) is 0. The van der Waals surface area contributed by atoms with Gasteiger partial charge in [-0.15, -0.1) is 0 Å². The summed E-state index contributed by atoms with van der Waals surface area (Å²) in [5.74, 6) is 0.157. The Balaban J connectivity index is 2.07. The van der Waals surface area contributed by atoms with Gasteiger partial charge < -0.3 is 19.7 Å². The molecule has 2 aromatic carbocycles. The Morgan fingerprint density at radius 2 is 1.71 bits per heavy atom. The Bertz CT molecular complexity index is 619. The van der Waals surface area contributed by atoms with Gasteiger partial charge in [-0.1, -0.05) is 18.2 Å². The van der Waals surface area contributed by atoms with E-state index in [0.717, 1.165) is 11.1 Å². The quantitative estimate of drug-likeness (QED) is 0.854. The molecule has 5 heteroatoms. The molecule has 0 saturated carbocycles. The first kappa shape index (κ1) is 14.9. The number of rotatable bonds is 6. The van der Waals surface area contributed by atoms with Gasteiger partial charge in [0, 0.05) is 0 Å². The Labute approximate surface area is 122 Å². The molecule has 0 atom stereocenters. The highest BCUT2D eigenvalue weighted by atomic mass is 16.5. The molecule has 0 radical (unpaired) electrons. The lowest BCUT2D eigenvalue weighted by atomic mass is 10.1. The average Bonchev–Trinajstić information content (AvgIpc) is 2.53. The predicted octanol–water partition coefficient (Wildman–Crippen LogP) is 2.46. The van der Waals surface area contributed by atoms with Crippen LogP contribution in [0.25, 0.3) is 0 Å². The zero-order chi connectivity index (χ0) is 15.2. The van der Waals surface area contributed by atoms with Gasteiger partial charge in [-0.25, -0.2) is 4.79 Å². The van der Waals surface area contributed by atoms with Gasteiger partial charge in [0.25, 0.3) is 0 Å². The number of benzene rings is 2. The highest BCUT2D eigenvalue weighted by Gasteiger charge is 2.07. The summed E-state index contributed by atoms with van der Waals surface area (Å²) in [5.41, 5.74) is 1.84. The summed E-state index contributed by atoms with van der Waals surface area (Å²) >= 11 is 0. The van der Waals surface area contributed by atoms with Crippen LogP contribution in [0.1, 0.15) is 21.5 Å². The van der Waals surface area contributed by atoms with Gasteiger partial charge in [0.2, 0.25) is 0 Å². The third-order valence-corrected chi connectivity index (χ3v) is 3.01. The lowest BCUT2D eigenvalue weighted by Gasteiger charge is -2.11. The van der Waals surface area contributed by atoms with Crippen molar-refractivity contribution in [1.29, 1.82) is 0 Å². The zero-order valence-corrected chi connectivity index (χ0v) is 11.6. The fraction of sp³-hybridized carbons (Fsp3) is 0.188. The fourth-order valence-corrected chi connectivity index (χ4v) is 1.83. The molecule has 0 aliphatic heterocycles. The number of ether oxygens (including phenoxy) is 2. The molecule has 0 saturated heterocycles. The van der Waals surface area contributed by atoms with Gasteiger partial charge in [-0.2, -0.15) is 0 Å². The Kier molecular flexibility index (Phi) is 4.79. The van der Waals surface area contributed by atoms with Crippen LogP contribution in [0.5, 0.6) is 11.5 Å². The minimum atomic E-state index is -0.955. The SMILES string of the molecule is COc1cc(CO)ccc1OCc1ccc(C(=O)O)cc1. The van der Waals surface area contributed by atoms with E-state index in [2.05, 4.69) is 0 Å². The molecule has 5 nitrogen and oxygen atoms in total. The van der Waals surface area contributed by atoms with E-state index in [9.17, 15) is 4.79 Å². The van der Waals surface area contributed by atoms with Crippen LogP contribution in [0.15, 0.2) is 42.5 Å². The van der Waals surface area contributed by atoms with Crippen LogP contribution < -0.4 is 9.47 Å². The molecule has 0 aromatic heterocycles.